The molecule has 76 valence electrons. The molecule has 0 radical (unpaired) electrons. The number of carbonyl (C=O) groups excluding carboxylic acids is 1. The van der Waals surface area contributed by atoms with E-state index in [0.717, 1.165) is 0 Å². The third-order valence-corrected chi connectivity index (χ3v) is 1.42. The molecule has 0 spiro atoms. The van der Waals surface area contributed by atoms with Crippen molar-refractivity contribution >= 4 is 11.6 Å². The number of methoxy groups -OCH3 is 1. The van der Waals surface area contributed by atoms with Crippen molar-refractivity contribution in [1.82, 2.24) is 4.98 Å². The van der Waals surface area contributed by atoms with Crippen LogP contribution in [-0.2, 0) is 4.79 Å². The molecule has 0 atom stereocenters. The Morgan fingerprint density at radius 1 is 1.64 bits per heavy atom. The number of rotatable bonds is 3. The Labute approximate surface area is 78.9 Å². The maximum Gasteiger partial charge on any atom is 0.315 e. The van der Waals surface area contributed by atoms with E-state index in [1.165, 1.54) is 25.4 Å². The van der Waals surface area contributed by atoms with Gasteiger partial charge in [0.2, 0.25) is 5.88 Å². The Balaban J connectivity index is 2.80. The monoisotopic (exact) mass is 202 g/mol. The van der Waals surface area contributed by atoms with Gasteiger partial charge in [-0.15, -0.1) is 0 Å². The maximum atomic E-state index is 11.9. The highest BCUT2D eigenvalue weighted by atomic mass is 19.3. The second-order valence-corrected chi connectivity index (χ2v) is 2.35. The first kappa shape index (κ1) is 10.4. The molecule has 14 heavy (non-hydrogen) atoms. The molecule has 0 aliphatic rings. The minimum absolute atomic E-state index is 0.0986. The van der Waals surface area contributed by atoms with Crippen molar-refractivity contribution in [2.75, 3.05) is 12.4 Å². The number of alkyl halides is 2. The van der Waals surface area contributed by atoms with E-state index in [2.05, 4.69) is 4.98 Å². The molecular weight excluding hydrogens is 194 g/mol. The Morgan fingerprint density at radius 2 is 2.36 bits per heavy atom. The lowest BCUT2D eigenvalue weighted by Gasteiger charge is -2.07. The summed E-state index contributed by atoms with van der Waals surface area (Å²) in [4.78, 5) is 14.4. The summed E-state index contributed by atoms with van der Waals surface area (Å²) in [6.07, 6.45) is -1.63. The molecule has 4 nitrogen and oxygen atoms in total. The molecule has 0 aromatic carbocycles. The van der Waals surface area contributed by atoms with Crippen LogP contribution in [-0.4, -0.2) is 24.4 Å². The summed E-state index contributed by atoms with van der Waals surface area (Å²) in [6, 6.07) is 2.93. The number of pyridine rings is 1. The number of amides is 1. The van der Waals surface area contributed by atoms with Crippen LogP contribution in [0.4, 0.5) is 14.5 Å². The van der Waals surface area contributed by atoms with E-state index >= 15 is 0 Å². The number of aromatic nitrogens is 1. The highest BCUT2D eigenvalue weighted by molar-refractivity contribution is 5.94. The van der Waals surface area contributed by atoms with Gasteiger partial charge in [0.25, 0.3) is 5.91 Å². The van der Waals surface area contributed by atoms with E-state index in [-0.39, 0.29) is 11.6 Å². The first-order valence-electron chi connectivity index (χ1n) is 3.73. The summed E-state index contributed by atoms with van der Waals surface area (Å²) in [5.74, 6) is -1.28. The maximum absolute atomic E-state index is 11.9. The molecule has 0 aliphatic heterocycles. The average molecular weight is 202 g/mol. The van der Waals surface area contributed by atoms with Crippen LogP contribution in [0.5, 0.6) is 5.88 Å². The van der Waals surface area contributed by atoms with Crippen LogP contribution in [0.3, 0.4) is 0 Å². The van der Waals surface area contributed by atoms with Crippen LogP contribution in [0, 0.1) is 0 Å². The molecule has 0 fully saturated rings. The molecule has 1 rings (SSSR count). The minimum atomic E-state index is -3.06. The van der Waals surface area contributed by atoms with Gasteiger partial charge in [0.1, 0.15) is 5.69 Å². The molecule has 1 amide bonds. The summed E-state index contributed by atoms with van der Waals surface area (Å²) >= 11 is 0. The molecule has 1 N–H and O–H groups in total. The molecular formula is C8H8F2N2O2. The van der Waals surface area contributed by atoms with E-state index in [4.69, 9.17) is 4.74 Å². The lowest BCUT2D eigenvalue weighted by Crippen LogP contribution is -2.20. The SMILES string of the molecule is COc1ncccc1NC(=O)C(F)F. The smallest absolute Gasteiger partial charge is 0.315 e. The van der Waals surface area contributed by atoms with Gasteiger partial charge >= 0.3 is 6.43 Å². The fourth-order valence-corrected chi connectivity index (χ4v) is 0.836. The predicted molar refractivity (Wildman–Crippen MR) is 45.4 cm³/mol. The molecule has 1 heterocycles. The van der Waals surface area contributed by atoms with Crippen molar-refractivity contribution in [2.24, 2.45) is 0 Å². The number of hydrogen-bond acceptors (Lipinski definition) is 3. The van der Waals surface area contributed by atoms with Gasteiger partial charge in [-0.1, -0.05) is 0 Å². The van der Waals surface area contributed by atoms with Gasteiger partial charge in [0, 0.05) is 6.20 Å². The van der Waals surface area contributed by atoms with Crippen molar-refractivity contribution in [1.29, 1.82) is 0 Å². The zero-order chi connectivity index (χ0) is 10.6. The summed E-state index contributed by atoms with van der Waals surface area (Å²) in [5.41, 5.74) is 0.125. The number of hydrogen-bond donors (Lipinski definition) is 1. The predicted octanol–water partition coefficient (Wildman–Crippen LogP) is 1.29. The number of halogens is 2. The zero-order valence-electron chi connectivity index (χ0n) is 7.33. The minimum Gasteiger partial charge on any atom is -0.480 e. The van der Waals surface area contributed by atoms with E-state index in [1.807, 2.05) is 5.32 Å². The third kappa shape index (κ3) is 2.38. The van der Waals surface area contributed by atoms with Gasteiger partial charge in [-0.25, -0.2) is 4.98 Å². The largest absolute Gasteiger partial charge is 0.480 e. The molecule has 1 aromatic heterocycles. The number of carbonyl (C=O) groups is 1. The summed E-state index contributed by atoms with van der Waals surface area (Å²) in [6.45, 7) is 0. The van der Waals surface area contributed by atoms with Crippen LogP contribution < -0.4 is 10.1 Å². The van der Waals surface area contributed by atoms with Crippen LogP contribution in [0.25, 0.3) is 0 Å². The van der Waals surface area contributed by atoms with Crippen LogP contribution in [0.2, 0.25) is 0 Å². The molecule has 0 saturated heterocycles. The standard InChI is InChI=1S/C8H8F2N2O2/c1-14-8-5(3-2-4-11-8)12-7(13)6(9)10/h2-4,6H,1H3,(H,12,13). The van der Waals surface area contributed by atoms with Crippen molar-refractivity contribution in [3.8, 4) is 5.88 Å². The summed E-state index contributed by atoms with van der Waals surface area (Å²) < 4.78 is 28.5. The van der Waals surface area contributed by atoms with Gasteiger partial charge in [0.15, 0.2) is 0 Å². The van der Waals surface area contributed by atoms with Crippen LogP contribution in [0.15, 0.2) is 18.3 Å². The van der Waals surface area contributed by atoms with E-state index < -0.39 is 12.3 Å². The highest BCUT2D eigenvalue weighted by Gasteiger charge is 2.16. The lowest BCUT2D eigenvalue weighted by atomic mass is 10.4. The lowest BCUT2D eigenvalue weighted by molar-refractivity contribution is -0.126. The fourth-order valence-electron chi connectivity index (χ4n) is 0.836. The topological polar surface area (TPSA) is 51.2 Å². The number of anilines is 1. The molecule has 0 saturated carbocycles. The second-order valence-electron chi connectivity index (χ2n) is 2.35. The Morgan fingerprint density at radius 3 is 2.93 bits per heavy atom. The van der Waals surface area contributed by atoms with Crippen LogP contribution in [0.1, 0.15) is 0 Å². The van der Waals surface area contributed by atoms with Crippen molar-refractivity contribution in [3.05, 3.63) is 18.3 Å². The second kappa shape index (κ2) is 4.50. The Bertz CT molecular complexity index is 331. The molecule has 0 bridgehead atoms. The first-order chi connectivity index (χ1) is 6.65. The fraction of sp³-hybridized carbons (Fsp3) is 0.250. The van der Waals surface area contributed by atoms with E-state index in [0.29, 0.717) is 0 Å². The van der Waals surface area contributed by atoms with Gasteiger partial charge < -0.3 is 10.1 Å². The molecule has 0 unspecified atom stereocenters. The van der Waals surface area contributed by atoms with E-state index in [1.54, 1.807) is 0 Å². The molecule has 0 aliphatic carbocycles. The van der Waals surface area contributed by atoms with Gasteiger partial charge in [0.05, 0.1) is 7.11 Å². The number of nitrogens with zero attached hydrogens (tertiary/aromatic N) is 1. The van der Waals surface area contributed by atoms with E-state index in [9.17, 15) is 13.6 Å². The summed E-state index contributed by atoms with van der Waals surface area (Å²) in [5, 5.41) is 1.98. The van der Waals surface area contributed by atoms with Crippen LogP contribution >= 0.6 is 0 Å². The normalized spacial score (nSPS) is 10.0. The summed E-state index contributed by atoms with van der Waals surface area (Å²) in [7, 11) is 1.33. The third-order valence-electron chi connectivity index (χ3n) is 1.42. The first-order valence-corrected chi connectivity index (χ1v) is 3.73. The average Bonchev–Trinajstić information content (AvgIpc) is 2.18. The van der Waals surface area contributed by atoms with Gasteiger partial charge in [-0.2, -0.15) is 8.78 Å². The zero-order valence-corrected chi connectivity index (χ0v) is 7.33. The van der Waals surface area contributed by atoms with Gasteiger partial charge in [-0.05, 0) is 12.1 Å². The molecule has 6 heteroatoms. The van der Waals surface area contributed by atoms with Gasteiger partial charge in [-0.3, -0.25) is 4.79 Å². The van der Waals surface area contributed by atoms with Crippen molar-refractivity contribution < 1.29 is 18.3 Å². The highest BCUT2D eigenvalue weighted by Crippen LogP contribution is 2.20. The van der Waals surface area contributed by atoms with Crippen molar-refractivity contribution in [2.45, 2.75) is 6.43 Å². The molecule has 1 aromatic rings. The Hall–Kier alpha value is -1.72. The number of nitrogens with one attached hydrogen (secondary N) is 1. The Kier molecular flexibility index (Phi) is 3.33. The van der Waals surface area contributed by atoms with Crippen molar-refractivity contribution in [3.63, 3.8) is 0 Å². The quantitative estimate of drug-likeness (QED) is 0.803. The number of ether oxygens (including phenoxy) is 1.